The fourth-order valence-electron chi connectivity index (χ4n) is 2.60. The molecule has 1 N–H and O–H groups in total. The summed E-state index contributed by atoms with van der Waals surface area (Å²) in [5, 5.41) is 12.9. The first-order valence-corrected chi connectivity index (χ1v) is 9.64. The molecule has 0 fully saturated rings. The van der Waals surface area contributed by atoms with E-state index in [-0.39, 0.29) is 27.8 Å². The van der Waals surface area contributed by atoms with Crippen LogP contribution in [-0.2, 0) is 16.4 Å². The Kier molecular flexibility index (Phi) is 5.14. The molecule has 1 amide bonds. The van der Waals surface area contributed by atoms with E-state index in [0.29, 0.717) is 0 Å². The Morgan fingerprint density at radius 2 is 2.00 bits per heavy atom. The predicted molar refractivity (Wildman–Crippen MR) is 97.4 cm³/mol. The van der Waals surface area contributed by atoms with Crippen LogP contribution in [0.4, 0.5) is 9.18 Å². The van der Waals surface area contributed by atoms with Crippen LogP contribution in [0.2, 0.25) is 0 Å². The number of rotatable bonds is 5. The standard InChI is InChI=1S/C18H17FN4O4S/c1-12-5-3-6-14(9-12)28(26,27)16-10-13(11-22(2)18(24)25)21-23(16)15-7-4-8-20-17(15)19/h3-10H,11H2,1-2H3,(H,24,25). The van der Waals surface area contributed by atoms with Crippen molar-refractivity contribution in [3.63, 3.8) is 0 Å². The van der Waals surface area contributed by atoms with Gasteiger partial charge in [0, 0.05) is 19.3 Å². The van der Waals surface area contributed by atoms with Gasteiger partial charge in [-0.3, -0.25) is 0 Å². The molecule has 3 rings (SSSR count). The van der Waals surface area contributed by atoms with Crippen LogP contribution in [0.1, 0.15) is 11.3 Å². The SMILES string of the molecule is Cc1cccc(S(=O)(=O)c2cc(CN(C)C(=O)O)nn2-c2cccnc2F)c1. The summed E-state index contributed by atoms with van der Waals surface area (Å²) in [5.74, 6) is -0.899. The number of hydrogen-bond donors (Lipinski definition) is 1. The van der Waals surface area contributed by atoms with Gasteiger partial charge in [-0.15, -0.1) is 0 Å². The van der Waals surface area contributed by atoms with Crippen LogP contribution < -0.4 is 0 Å². The molecule has 0 bridgehead atoms. The van der Waals surface area contributed by atoms with E-state index in [1.165, 1.54) is 43.6 Å². The number of carboxylic acid groups (broad SMARTS) is 1. The van der Waals surface area contributed by atoms with E-state index in [1.807, 2.05) is 0 Å². The van der Waals surface area contributed by atoms with Crippen molar-refractivity contribution in [3.8, 4) is 5.69 Å². The molecule has 0 atom stereocenters. The molecule has 146 valence electrons. The second kappa shape index (κ2) is 7.39. The largest absolute Gasteiger partial charge is 0.465 e. The molecule has 0 aliphatic carbocycles. The number of pyridine rings is 1. The summed E-state index contributed by atoms with van der Waals surface area (Å²) >= 11 is 0. The lowest BCUT2D eigenvalue weighted by Gasteiger charge is -2.10. The van der Waals surface area contributed by atoms with Crippen molar-refractivity contribution in [2.24, 2.45) is 0 Å². The predicted octanol–water partition coefficient (Wildman–Crippen LogP) is 2.66. The third-order valence-corrected chi connectivity index (χ3v) is 5.71. The number of aryl methyl sites for hydroxylation is 1. The molecule has 2 aromatic heterocycles. The molecule has 0 saturated carbocycles. The minimum atomic E-state index is -4.05. The molecule has 0 radical (unpaired) electrons. The average molecular weight is 404 g/mol. The molecule has 8 nitrogen and oxygen atoms in total. The second-order valence-corrected chi connectivity index (χ2v) is 8.05. The highest BCUT2D eigenvalue weighted by Gasteiger charge is 2.27. The first kappa shape index (κ1) is 19.5. The monoisotopic (exact) mass is 404 g/mol. The van der Waals surface area contributed by atoms with Gasteiger partial charge in [-0.1, -0.05) is 12.1 Å². The number of nitrogens with zero attached hydrogens (tertiary/aromatic N) is 4. The van der Waals surface area contributed by atoms with Crippen molar-refractivity contribution in [2.45, 2.75) is 23.4 Å². The van der Waals surface area contributed by atoms with E-state index < -0.39 is 21.9 Å². The van der Waals surface area contributed by atoms with Crippen molar-refractivity contribution in [2.75, 3.05) is 7.05 Å². The Labute approximate surface area is 160 Å². The summed E-state index contributed by atoms with van der Waals surface area (Å²) in [5.41, 5.74) is 0.739. The van der Waals surface area contributed by atoms with Gasteiger partial charge < -0.3 is 10.0 Å². The van der Waals surface area contributed by atoms with Gasteiger partial charge in [0.15, 0.2) is 5.03 Å². The van der Waals surface area contributed by atoms with Gasteiger partial charge in [0.25, 0.3) is 0 Å². The van der Waals surface area contributed by atoms with Crippen LogP contribution >= 0.6 is 0 Å². The first-order valence-electron chi connectivity index (χ1n) is 8.16. The van der Waals surface area contributed by atoms with Gasteiger partial charge in [-0.25, -0.2) is 22.9 Å². The minimum absolute atomic E-state index is 0.0242. The zero-order chi connectivity index (χ0) is 20.5. The van der Waals surface area contributed by atoms with Crippen molar-refractivity contribution in [3.05, 3.63) is 65.9 Å². The maximum atomic E-state index is 14.2. The van der Waals surface area contributed by atoms with Crippen LogP contribution in [0.5, 0.6) is 0 Å². The Morgan fingerprint density at radius 1 is 1.25 bits per heavy atom. The molecule has 0 spiro atoms. The van der Waals surface area contributed by atoms with Gasteiger partial charge in [0.1, 0.15) is 5.69 Å². The third-order valence-electron chi connectivity index (χ3n) is 4.00. The van der Waals surface area contributed by atoms with Crippen LogP contribution in [0.15, 0.2) is 58.6 Å². The molecule has 2 heterocycles. The number of amides is 1. The molecule has 0 aliphatic heterocycles. The topological polar surface area (TPSA) is 105 Å². The lowest BCUT2D eigenvalue weighted by atomic mass is 10.2. The summed E-state index contributed by atoms with van der Waals surface area (Å²) in [6.07, 6.45) is 0.0288. The van der Waals surface area contributed by atoms with Crippen molar-refractivity contribution < 1.29 is 22.7 Å². The fourth-order valence-corrected chi connectivity index (χ4v) is 4.10. The Hall–Kier alpha value is -3.27. The van der Waals surface area contributed by atoms with Crippen LogP contribution in [0.25, 0.3) is 5.69 Å². The van der Waals surface area contributed by atoms with E-state index in [1.54, 1.807) is 19.1 Å². The third kappa shape index (κ3) is 3.72. The summed E-state index contributed by atoms with van der Waals surface area (Å²) < 4.78 is 41.6. The molecule has 0 unspecified atom stereocenters. The summed E-state index contributed by atoms with van der Waals surface area (Å²) in [4.78, 5) is 15.6. The van der Waals surface area contributed by atoms with E-state index in [9.17, 15) is 17.6 Å². The quantitative estimate of drug-likeness (QED) is 0.656. The number of carbonyl (C=O) groups is 1. The lowest BCUT2D eigenvalue weighted by Crippen LogP contribution is -2.24. The highest BCUT2D eigenvalue weighted by molar-refractivity contribution is 7.91. The first-order chi connectivity index (χ1) is 13.2. The Morgan fingerprint density at radius 3 is 2.64 bits per heavy atom. The zero-order valence-corrected chi connectivity index (χ0v) is 15.9. The maximum absolute atomic E-state index is 14.2. The van der Waals surface area contributed by atoms with Gasteiger partial charge >= 0.3 is 6.09 Å². The van der Waals surface area contributed by atoms with E-state index in [0.717, 1.165) is 15.1 Å². The van der Waals surface area contributed by atoms with Crippen LogP contribution in [0.3, 0.4) is 0 Å². The summed E-state index contributed by atoms with van der Waals surface area (Å²) in [6, 6.07) is 10.3. The zero-order valence-electron chi connectivity index (χ0n) is 15.1. The smallest absolute Gasteiger partial charge is 0.407 e. The Bertz CT molecular complexity index is 1140. The fraction of sp³-hybridized carbons (Fsp3) is 0.167. The van der Waals surface area contributed by atoms with Crippen LogP contribution in [0, 0.1) is 12.9 Å². The maximum Gasteiger partial charge on any atom is 0.407 e. The minimum Gasteiger partial charge on any atom is -0.465 e. The number of aromatic nitrogens is 3. The van der Waals surface area contributed by atoms with E-state index in [2.05, 4.69) is 10.1 Å². The van der Waals surface area contributed by atoms with Crippen molar-refractivity contribution >= 4 is 15.9 Å². The number of halogens is 1. The van der Waals surface area contributed by atoms with Gasteiger partial charge in [-0.05, 0) is 36.8 Å². The summed E-state index contributed by atoms with van der Waals surface area (Å²) in [7, 11) is -2.73. The van der Waals surface area contributed by atoms with Gasteiger partial charge in [0.2, 0.25) is 15.8 Å². The number of hydrogen-bond acceptors (Lipinski definition) is 5. The molecular weight excluding hydrogens is 387 g/mol. The normalized spacial score (nSPS) is 11.4. The molecule has 1 aromatic carbocycles. The van der Waals surface area contributed by atoms with Crippen molar-refractivity contribution in [1.29, 1.82) is 0 Å². The molecule has 0 saturated heterocycles. The van der Waals surface area contributed by atoms with E-state index in [4.69, 9.17) is 5.11 Å². The van der Waals surface area contributed by atoms with Gasteiger partial charge in [-0.2, -0.15) is 9.49 Å². The van der Waals surface area contributed by atoms with Crippen LogP contribution in [-0.4, -0.2) is 46.3 Å². The van der Waals surface area contributed by atoms with E-state index >= 15 is 0 Å². The van der Waals surface area contributed by atoms with Crippen molar-refractivity contribution in [1.82, 2.24) is 19.7 Å². The summed E-state index contributed by atoms with van der Waals surface area (Å²) in [6.45, 7) is 1.59. The molecule has 10 heteroatoms. The number of sulfone groups is 1. The Balaban J connectivity index is 2.20. The number of benzene rings is 1. The van der Waals surface area contributed by atoms with Gasteiger partial charge in [0.05, 0.1) is 17.1 Å². The molecular formula is C18H17FN4O4S. The second-order valence-electron chi connectivity index (χ2n) is 6.16. The molecule has 3 aromatic rings. The highest BCUT2D eigenvalue weighted by Crippen LogP contribution is 2.26. The highest BCUT2D eigenvalue weighted by atomic mass is 32.2. The average Bonchev–Trinajstić information content (AvgIpc) is 3.06. The molecule has 0 aliphatic rings. The molecule has 28 heavy (non-hydrogen) atoms. The lowest BCUT2D eigenvalue weighted by molar-refractivity contribution is 0.153.